The molecule has 2 N–H and O–H groups in total. The van der Waals surface area contributed by atoms with Gasteiger partial charge in [0.25, 0.3) is 0 Å². The molecule has 1 unspecified atom stereocenters. The topological polar surface area (TPSA) is 46.3 Å². The van der Waals surface area contributed by atoms with Gasteiger partial charge < -0.3 is 10.6 Å². The number of carbonyl (C=O) groups excluding carboxylic acids is 1. The largest absolute Gasteiger partial charge is 0.336 e. The highest BCUT2D eigenvalue weighted by Gasteiger charge is 2.39. The molecule has 1 aromatic carbocycles. The van der Waals surface area contributed by atoms with Gasteiger partial charge in [0.05, 0.1) is 0 Å². The summed E-state index contributed by atoms with van der Waals surface area (Å²) in [5.41, 5.74) is 7.08. The molecule has 1 aliphatic heterocycles. The van der Waals surface area contributed by atoms with Crippen molar-refractivity contribution in [3.05, 3.63) is 35.9 Å². The number of benzene rings is 1. The number of hydrogen-bond acceptors (Lipinski definition) is 2. The number of carbonyl (C=O) groups is 1. The Morgan fingerprint density at radius 1 is 1.39 bits per heavy atom. The van der Waals surface area contributed by atoms with Gasteiger partial charge in [-0.1, -0.05) is 30.3 Å². The molecular weight excluding hydrogens is 224 g/mol. The molecular formula is C15H22N2O. The molecule has 1 amide bonds. The van der Waals surface area contributed by atoms with Gasteiger partial charge in [0.2, 0.25) is 5.91 Å². The molecule has 1 aromatic rings. The molecule has 0 bridgehead atoms. The van der Waals surface area contributed by atoms with E-state index in [-0.39, 0.29) is 17.5 Å². The zero-order valence-corrected chi connectivity index (χ0v) is 11.2. The van der Waals surface area contributed by atoms with Gasteiger partial charge in [-0.15, -0.1) is 0 Å². The number of aryl methyl sites for hydroxylation is 1. The maximum absolute atomic E-state index is 12.3. The second kappa shape index (κ2) is 5.11. The van der Waals surface area contributed by atoms with Crippen LogP contribution >= 0.6 is 0 Å². The fourth-order valence-corrected chi connectivity index (χ4v) is 2.77. The Morgan fingerprint density at radius 3 is 2.61 bits per heavy atom. The van der Waals surface area contributed by atoms with Crippen LogP contribution in [0, 0.1) is 0 Å². The van der Waals surface area contributed by atoms with E-state index in [2.05, 4.69) is 26.0 Å². The lowest BCUT2D eigenvalue weighted by Gasteiger charge is -2.31. The monoisotopic (exact) mass is 246 g/mol. The highest BCUT2D eigenvalue weighted by atomic mass is 16.2. The minimum absolute atomic E-state index is 0.0901. The van der Waals surface area contributed by atoms with Crippen molar-refractivity contribution >= 4 is 5.91 Å². The zero-order chi connectivity index (χ0) is 13.2. The molecule has 1 atom stereocenters. The average Bonchev–Trinajstić information content (AvgIpc) is 2.61. The van der Waals surface area contributed by atoms with Crippen molar-refractivity contribution in [2.24, 2.45) is 5.73 Å². The first-order valence-electron chi connectivity index (χ1n) is 6.59. The standard InChI is InChI=1S/C15H22N2O/c1-15(2)10-13(16)11-17(15)14(18)9-8-12-6-4-3-5-7-12/h3-7,13H,8-11,16H2,1-2H3. The van der Waals surface area contributed by atoms with Crippen LogP contribution < -0.4 is 5.73 Å². The predicted octanol–water partition coefficient (Wildman–Crippen LogP) is 1.96. The molecule has 98 valence electrons. The minimum Gasteiger partial charge on any atom is -0.336 e. The Hall–Kier alpha value is -1.35. The highest BCUT2D eigenvalue weighted by Crippen LogP contribution is 2.28. The number of amides is 1. The molecule has 3 nitrogen and oxygen atoms in total. The van der Waals surface area contributed by atoms with E-state index in [1.165, 1.54) is 5.56 Å². The third kappa shape index (κ3) is 2.91. The van der Waals surface area contributed by atoms with Crippen LogP contribution in [0.15, 0.2) is 30.3 Å². The maximum Gasteiger partial charge on any atom is 0.223 e. The summed E-state index contributed by atoms with van der Waals surface area (Å²) in [4.78, 5) is 14.2. The molecule has 0 spiro atoms. The van der Waals surface area contributed by atoms with Crippen LogP contribution in [-0.2, 0) is 11.2 Å². The zero-order valence-electron chi connectivity index (χ0n) is 11.2. The number of hydrogen-bond donors (Lipinski definition) is 1. The van der Waals surface area contributed by atoms with Crippen molar-refractivity contribution in [3.8, 4) is 0 Å². The van der Waals surface area contributed by atoms with E-state index in [1.54, 1.807) is 0 Å². The van der Waals surface area contributed by atoms with E-state index in [9.17, 15) is 4.79 Å². The number of likely N-dealkylation sites (tertiary alicyclic amines) is 1. The minimum atomic E-state index is -0.0901. The van der Waals surface area contributed by atoms with E-state index >= 15 is 0 Å². The molecule has 0 aliphatic carbocycles. The summed E-state index contributed by atoms with van der Waals surface area (Å²) in [6, 6.07) is 10.3. The Labute approximate surface area is 109 Å². The Bertz CT molecular complexity index is 414. The van der Waals surface area contributed by atoms with Gasteiger partial charge in [-0.3, -0.25) is 4.79 Å². The van der Waals surface area contributed by atoms with Gasteiger partial charge in [-0.05, 0) is 32.3 Å². The van der Waals surface area contributed by atoms with E-state index < -0.39 is 0 Å². The lowest BCUT2D eigenvalue weighted by molar-refractivity contribution is -0.134. The first-order valence-corrected chi connectivity index (χ1v) is 6.59. The summed E-state index contributed by atoms with van der Waals surface area (Å²) in [5.74, 6) is 0.219. The van der Waals surface area contributed by atoms with E-state index in [0.717, 1.165) is 12.8 Å². The summed E-state index contributed by atoms with van der Waals surface area (Å²) in [6.45, 7) is 4.89. The fraction of sp³-hybridized carbons (Fsp3) is 0.533. The summed E-state index contributed by atoms with van der Waals surface area (Å²) < 4.78 is 0. The number of nitrogens with two attached hydrogens (primary N) is 1. The molecule has 0 radical (unpaired) electrons. The highest BCUT2D eigenvalue weighted by molar-refractivity contribution is 5.77. The molecule has 1 fully saturated rings. The van der Waals surface area contributed by atoms with E-state index in [4.69, 9.17) is 5.73 Å². The van der Waals surface area contributed by atoms with Crippen LogP contribution in [0.2, 0.25) is 0 Å². The second-order valence-electron chi connectivity index (χ2n) is 5.77. The Morgan fingerprint density at radius 2 is 2.06 bits per heavy atom. The van der Waals surface area contributed by atoms with Crippen LogP contribution in [0.3, 0.4) is 0 Å². The van der Waals surface area contributed by atoms with Crippen LogP contribution in [0.5, 0.6) is 0 Å². The SMILES string of the molecule is CC1(C)CC(N)CN1C(=O)CCc1ccccc1. The van der Waals surface area contributed by atoms with Crippen LogP contribution in [-0.4, -0.2) is 28.9 Å². The number of rotatable bonds is 3. The molecule has 3 heteroatoms. The summed E-state index contributed by atoms with van der Waals surface area (Å²) in [6.07, 6.45) is 2.27. The molecule has 18 heavy (non-hydrogen) atoms. The third-order valence-electron chi connectivity index (χ3n) is 3.68. The Kier molecular flexibility index (Phi) is 3.71. The summed E-state index contributed by atoms with van der Waals surface area (Å²) in [5, 5.41) is 0. The van der Waals surface area contributed by atoms with Crippen molar-refractivity contribution in [1.82, 2.24) is 4.90 Å². The van der Waals surface area contributed by atoms with Crippen molar-refractivity contribution in [2.45, 2.75) is 44.7 Å². The van der Waals surface area contributed by atoms with Crippen LogP contribution in [0.1, 0.15) is 32.3 Å². The summed E-state index contributed by atoms with van der Waals surface area (Å²) >= 11 is 0. The fourth-order valence-electron chi connectivity index (χ4n) is 2.77. The normalized spacial score (nSPS) is 22.2. The van der Waals surface area contributed by atoms with E-state index in [1.807, 2.05) is 23.1 Å². The van der Waals surface area contributed by atoms with Gasteiger partial charge >= 0.3 is 0 Å². The van der Waals surface area contributed by atoms with Gasteiger partial charge in [0.15, 0.2) is 0 Å². The second-order valence-corrected chi connectivity index (χ2v) is 5.77. The molecule has 0 saturated carbocycles. The van der Waals surface area contributed by atoms with Crippen molar-refractivity contribution < 1.29 is 4.79 Å². The Balaban J connectivity index is 1.93. The van der Waals surface area contributed by atoms with Gasteiger partial charge in [0.1, 0.15) is 0 Å². The molecule has 0 aromatic heterocycles. The maximum atomic E-state index is 12.3. The van der Waals surface area contributed by atoms with Crippen molar-refractivity contribution in [1.29, 1.82) is 0 Å². The average molecular weight is 246 g/mol. The first-order chi connectivity index (χ1) is 8.49. The predicted molar refractivity (Wildman–Crippen MR) is 73.1 cm³/mol. The smallest absolute Gasteiger partial charge is 0.223 e. The quantitative estimate of drug-likeness (QED) is 0.886. The lowest BCUT2D eigenvalue weighted by Crippen LogP contribution is -2.42. The van der Waals surface area contributed by atoms with Gasteiger partial charge in [-0.25, -0.2) is 0 Å². The van der Waals surface area contributed by atoms with Crippen molar-refractivity contribution in [3.63, 3.8) is 0 Å². The van der Waals surface area contributed by atoms with Crippen molar-refractivity contribution in [2.75, 3.05) is 6.54 Å². The van der Waals surface area contributed by atoms with Gasteiger partial charge in [0, 0.05) is 24.5 Å². The molecule has 1 saturated heterocycles. The number of nitrogens with zero attached hydrogens (tertiary/aromatic N) is 1. The first kappa shape index (κ1) is 13.1. The van der Waals surface area contributed by atoms with Crippen LogP contribution in [0.25, 0.3) is 0 Å². The lowest BCUT2D eigenvalue weighted by atomic mass is 10.00. The van der Waals surface area contributed by atoms with Crippen LogP contribution in [0.4, 0.5) is 0 Å². The summed E-state index contributed by atoms with van der Waals surface area (Å²) in [7, 11) is 0. The molecule has 1 heterocycles. The van der Waals surface area contributed by atoms with E-state index in [0.29, 0.717) is 13.0 Å². The molecule has 2 rings (SSSR count). The molecule has 1 aliphatic rings. The third-order valence-corrected chi connectivity index (χ3v) is 3.68. The van der Waals surface area contributed by atoms with Gasteiger partial charge in [-0.2, -0.15) is 0 Å².